The molecule has 2 rings (SSSR count). The van der Waals surface area contributed by atoms with Gasteiger partial charge in [0.25, 0.3) is 0 Å². The number of aliphatic carboxylic acids is 1. The smallest absolute Gasteiger partial charge is 0.325 e. The Morgan fingerprint density at radius 2 is 2.45 bits per heavy atom. The summed E-state index contributed by atoms with van der Waals surface area (Å²) in [5.41, 5.74) is 1.61. The van der Waals surface area contributed by atoms with Crippen LogP contribution in [-0.4, -0.2) is 30.8 Å². The molecule has 0 saturated carbocycles. The van der Waals surface area contributed by atoms with Gasteiger partial charge < -0.3 is 14.6 Å². The summed E-state index contributed by atoms with van der Waals surface area (Å²) in [7, 11) is 1.54. The highest BCUT2D eigenvalue weighted by Crippen LogP contribution is 2.37. The molecule has 2 unspecified atom stereocenters. The molecule has 1 aliphatic rings. The van der Waals surface area contributed by atoms with Crippen LogP contribution >= 0.6 is 0 Å². The number of carbonyl (C=O) groups is 1. The highest BCUT2D eigenvalue weighted by molar-refractivity contribution is 5.77. The van der Waals surface area contributed by atoms with E-state index in [0.717, 1.165) is 17.7 Å². The molecular weight excluding hydrogens is 258 g/mol. The highest BCUT2D eigenvalue weighted by Gasteiger charge is 2.27. The van der Waals surface area contributed by atoms with Crippen LogP contribution in [0.25, 0.3) is 0 Å². The number of carboxylic acid groups (broad SMARTS) is 1. The zero-order chi connectivity index (χ0) is 14.7. The molecule has 2 atom stereocenters. The standard InChI is InChI=1S/C15H19NO4/c1-4-5-16-14(15(17)18)11-8-12-10(6-9(2)20-12)7-13(11)19-3/h4,7-9,14,16H,1,5-6H2,2-3H3,(H,17,18). The fourth-order valence-electron chi connectivity index (χ4n) is 2.39. The van der Waals surface area contributed by atoms with E-state index < -0.39 is 12.0 Å². The molecular formula is C15H19NO4. The Morgan fingerprint density at radius 1 is 1.70 bits per heavy atom. The summed E-state index contributed by atoms with van der Waals surface area (Å²) in [4.78, 5) is 11.4. The van der Waals surface area contributed by atoms with Crippen molar-refractivity contribution in [3.63, 3.8) is 0 Å². The number of hydrogen-bond donors (Lipinski definition) is 2. The van der Waals surface area contributed by atoms with Crippen LogP contribution in [0.15, 0.2) is 24.8 Å². The van der Waals surface area contributed by atoms with Gasteiger partial charge in [-0.1, -0.05) is 6.08 Å². The lowest BCUT2D eigenvalue weighted by Crippen LogP contribution is -2.29. The second kappa shape index (κ2) is 5.96. The molecule has 0 spiro atoms. The molecule has 1 aromatic carbocycles. The van der Waals surface area contributed by atoms with Crippen molar-refractivity contribution in [1.29, 1.82) is 0 Å². The van der Waals surface area contributed by atoms with Crippen molar-refractivity contribution in [2.45, 2.75) is 25.5 Å². The van der Waals surface area contributed by atoms with E-state index >= 15 is 0 Å². The Hall–Kier alpha value is -2.01. The number of hydrogen-bond acceptors (Lipinski definition) is 4. The van der Waals surface area contributed by atoms with Crippen molar-refractivity contribution in [3.8, 4) is 11.5 Å². The van der Waals surface area contributed by atoms with Gasteiger partial charge in [-0.05, 0) is 19.1 Å². The number of methoxy groups -OCH3 is 1. The average molecular weight is 277 g/mol. The molecule has 0 aromatic heterocycles. The van der Waals surface area contributed by atoms with E-state index in [-0.39, 0.29) is 6.10 Å². The van der Waals surface area contributed by atoms with Gasteiger partial charge in [-0.2, -0.15) is 0 Å². The predicted octanol–water partition coefficient (Wildman–Crippen LogP) is 1.92. The molecule has 1 aliphatic heterocycles. The van der Waals surface area contributed by atoms with E-state index in [1.165, 1.54) is 7.11 Å². The van der Waals surface area contributed by atoms with Crippen LogP contribution < -0.4 is 14.8 Å². The summed E-state index contributed by atoms with van der Waals surface area (Å²) in [6.45, 7) is 5.96. The number of nitrogens with one attached hydrogen (secondary N) is 1. The van der Waals surface area contributed by atoms with Crippen molar-refractivity contribution in [1.82, 2.24) is 5.32 Å². The second-order valence-electron chi connectivity index (χ2n) is 4.80. The van der Waals surface area contributed by atoms with E-state index in [1.807, 2.05) is 13.0 Å². The normalized spacial score (nSPS) is 18.0. The molecule has 1 aromatic rings. The molecule has 2 N–H and O–H groups in total. The topological polar surface area (TPSA) is 67.8 Å². The van der Waals surface area contributed by atoms with Gasteiger partial charge in [0, 0.05) is 24.1 Å². The Morgan fingerprint density at radius 3 is 3.05 bits per heavy atom. The molecule has 0 aliphatic carbocycles. The maximum absolute atomic E-state index is 11.4. The van der Waals surface area contributed by atoms with Gasteiger partial charge in [-0.25, -0.2) is 0 Å². The van der Waals surface area contributed by atoms with Gasteiger partial charge in [0.05, 0.1) is 7.11 Å². The van der Waals surface area contributed by atoms with Gasteiger partial charge >= 0.3 is 5.97 Å². The molecule has 1 heterocycles. The summed E-state index contributed by atoms with van der Waals surface area (Å²) < 4.78 is 11.0. The third-order valence-corrected chi connectivity index (χ3v) is 3.27. The van der Waals surface area contributed by atoms with Crippen LogP contribution in [0.1, 0.15) is 24.1 Å². The SMILES string of the molecule is C=CCNC(C(=O)O)c1cc2c(cc1OC)CC(C)O2. The van der Waals surface area contributed by atoms with Gasteiger partial charge in [0.1, 0.15) is 23.6 Å². The first-order valence-electron chi connectivity index (χ1n) is 6.51. The maximum Gasteiger partial charge on any atom is 0.325 e. The van der Waals surface area contributed by atoms with E-state index in [9.17, 15) is 9.90 Å². The molecule has 0 radical (unpaired) electrons. The zero-order valence-corrected chi connectivity index (χ0v) is 11.7. The zero-order valence-electron chi connectivity index (χ0n) is 11.7. The summed E-state index contributed by atoms with van der Waals surface area (Å²) in [5.74, 6) is 0.335. The van der Waals surface area contributed by atoms with E-state index in [2.05, 4.69) is 11.9 Å². The molecule has 108 valence electrons. The lowest BCUT2D eigenvalue weighted by Gasteiger charge is -2.18. The summed E-state index contributed by atoms with van der Waals surface area (Å²) in [6.07, 6.45) is 2.53. The molecule has 20 heavy (non-hydrogen) atoms. The van der Waals surface area contributed by atoms with Crippen LogP contribution in [0.3, 0.4) is 0 Å². The minimum Gasteiger partial charge on any atom is -0.496 e. The van der Waals surface area contributed by atoms with E-state index in [1.54, 1.807) is 12.1 Å². The monoisotopic (exact) mass is 277 g/mol. The predicted molar refractivity (Wildman–Crippen MR) is 75.4 cm³/mol. The minimum atomic E-state index is -0.962. The number of carboxylic acids is 1. The largest absolute Gasteiger partial charge is 0.496 e. The fraction of sp³-hybridized carbons (Fsp3) is 0.400. The Labute approximate surface area is 118 Å². The highest BCUT2D eigenvalue weighted by atomic mass is 16.5. The van der Waals surface area contributed by atoms with Gasteiger partial charge in [0.15, 0.2) is 0 Å². The van der Waals surface area contributed by atoms with Crippen LogP contribution in [0, 0.1) is 0 Å². The number of benzene rings is 1. The van der Waals surface area contributed by atoms with Crippen molar-refractivity contribution >= 4 is 5.97 Å². The Kier molecular flexibility index (Phi) is 4.29. The van der Waals surface area contributed by atoms with Crippen molar-refractivity contribution in [2.24, 2.45) is 0 Å². The van der Waals surface area contributed by atoms with Crippen molar-refractivity contribution in [2.75, 3.05) is 13.7 Å². The lowest BCUT2D eigenvalue weighted by atomic mass is 10.0. The van der Waals surface area contributed by atoms with E-state index in [0.29, 0.717) is 17.9 Å². The molecule has 5 nitrogen and oxygen atoms in total. The minimum absolute atomic E-state index is 0.106. The number of fused-ring (bicyclic) bond motifs is 1. The molecule has 5 heteroatoms. The Bertz CT molecular complexity index is 527. The third-order valence-electron chi connectivity index (χ3n) is 3.27. The molecule has 0 bridgehead atoms. The van der Waals surface area contributed by atoms with Crippen LogP contribution in [-0.2, 0) is 11.2 Å². The third kappa shape index (κ3) is 2.77. The first-order chi connectivity index (χ1) is 9.56. The number of ether oxygens (including phenoxy) is 2. The lowest BCUT2D eigenvalue weighted by molar-refractivity contribution is -0.139. The van der Waals surface area contributed by atoms with Crippen LogP contribution in [0.2, 0.25) is 0 Å². The maximum atomic E-state index is 11.4. The van der Waals surface area contributed by atoms with Crippen LogP contribution in [0.4, 0.5) is 0 Å². The second-order valence-corrected chi connectivity index (χ2v) is 4.80. The number of rotatable bonds is 6. The van der Waals surface area contributed by atoms with Gasteiger partial charge in [0.2, 0.25) is 0 Å². The van der Waals surface area contributed by atoms with Gasteiger partial charge in [-0.15, -0.1) is 6.58 Å². The van der Waals surface area contributed by atoms with Crippen molar-refractivity contribution < 1.29 is 19.4 Å². The summed E-state index contributed by atoms with van der Waals surface area (Å²) in [6, 6.07) is 2.76. The van der Waals surface area contributed by atoms with Crippen molar-refractivity contribution in [3.05, 3.63) is 35.9 Å². The summed E-state index contributed by atoms with van der Waals surface area (Å²) >= 11 is 0. The van der Waals surface area contributed by atoms with Gasteiger partial charge in [-0.3, -0.25) is 10.1 Å². The first kappa shape index (κ1) is 14.4. The first-order valence-corrected chi connectivity index (χ1v) is 6.51. The Balaban J connectivity index is 2.40. The van der Waals surface area contributed by atoms with E-state index in [4.69, 9.17) is 9.47 Å². The average Bonchev–Trinajstić information content (AvgIpc) is 2.76. The molecule has 0 saturated heterocycles. The summed E-state index contributed by atoms with van der Waals surface area (Å²) in [5, 5.41) is 12.3. The van der Waals surface area contributed by atoms with Crippen LogP contribution in [0.5, 0.6) is 11.5 Å². The molecule has 0 amide bonds. The quantitative estimate of drug-likeness (QED) is 0.778. The fourth-order valence-corrected chi connectivity index (χ4v) is 2.39. The molecule has 0 fully saturated rings.